The first-order valence-corrected chi connectivity index (χ1v) is 10.8. The van der Waals surface area contributed by atoms with Crippen LogP contribution in [-0.2, 0) is 9.59 Å². The summed E-state index contributed by atoms with van der Waals surface area (Å²) in [6.07, 6.45) is 3.48. The van der Waals surface area contributed by atoms with Gasteiger partial charge in [0, 0.05) is 0 Å². The fraction of sp³-hybridized carbons (Fsp3) is 0.500. The van der Waals surface area contributed by atoms with Gasteiger partial charge in [-0.15, -0.1) is 11.3 Å². The van der Waals surface area contributed by atoms with Crippen molar-refractivity contribution in [2.45, 2.75) is 51.1 Å². The zero-order valence-corrected chi connectivity index (χ0v) is 17.4. The summed E-state index contributed by atoms with van der Waals surface area (Å²) in [6.45, 7) is 4.37. The van der Waals surface area contributed by atoms with Crippen molar-refractivity contribution in [2.24, 2.45) is 0 Å². The Morgan fingerprint density at radius 3 is 2.86 bits per heavy atom. The van der Waals surface area contributed by atoms with Gasteiger partial charge in [-0.1, -0.05) is 25.5 Å². The van der Waals surface area contributed by atoms with Crippen molar-refractivity contribution in [2.75, 3.05) is 13.1 Å². The third-order valence-corrected chi connectivity index (χ3v) is 6.90. The summed E-state index contributed by atoms with van der Waals surface area (Å²) in [4.78, 5) is 44.1. The van der Waals surface area contributed by atoms with E-state index in [1.54, 1.807) is 18.3 Å². The Bertz CT molecular complexity index is 927. The lowest BCUT2D eigenvalue weighted by molar-refractivity contribution is -0.139. The van der Waals surface area contributed by atoms with Crippen LogP contribution in [0.5, 0.6) is 0 Å². The van der Waals surface area contributed by atoms with Gasteiger partial charge in [0.25, 0.3) is 11.8 Å². The van der Waals surface area contributed by atoms with E-state index in [0.29, 0.717) is 6.42 Å². The molecule has 3 heterocycles. The van der Waals surface area contributed by atoms with Gasteiger partial charge < -0.3 is 5.32 Å². The molecule has 8 nitrogen and oxygen atoms in total. The quantitative estimate of drug-likeness (QED) is 0.732. The number of aromatic nitrogens is 1. The van der Waals surface area contributed by atoms with Crippen LogP contribution < -0.4 is 10.7 Å². The average molecular weight is 416 g/mol. The Hall–Kier alpha value is -2.52. The summed E-state index contributed by atoms with van der Waals surface area (Å²) >= 11 is 1.66. The molecule has 29 heavy (non-hydrogen) atoms. The second-order valence-corrected chi connectivity index (χ2v) is 8.86. The molecule has 2 saturated heterocycles. The molecule has 154 valence electrons. The van der Waals surface area contributed by atoms with Crippen LogP contribution in [-0.4, -0.2) is 51.4 Å². The molecule has 9 heteroatoms. The minimum absolute atomic E-state index is 0.0657. The molecule has 0 unspecified atom stereocenters. The number of likely N-dealkylation sites (tertiary alicyclic amines) is 1. The zero-order valence-electron chi connectivity index (χ0n) is 16.6. The Morgan fingerprint density at radius 2 is 2.14 bits per heavy atom. The van der Waals surface area contributed by atoms with Gasteiger partial charge in [-0.2, -0.15) is 5.01 Å². The van der Waals surface area contributed by atoms with Gasteiger partial charge in [0.05, 0.1) is 22.8 Å². The minimum atomic E-state index is -0.973. The molecule has 2 atom stereocenters. The smallest absolute Gasteiger partial charge is 0.322 e. The van der Waals surface area contributed by atoms with Gasteiger partial charge in [-0.3, -0.25) is 19.9 Å². The number of nitrogens with zero attached hydrogens (tertiary/aromatic N) is 3. The number of carbonyl (C=O) groups is 3. The van der Waals surface area contributed by atoms with Crippen LogP contribution in [0.2, 0.25) is 0 Å². The summed E-state index contributed by atoms with van der Waals surface area (Å²) in [7, 11) is 0. The van der Waals surface area contributed by atoms with Crippen LogP contribution in [0, 0.1) is 0 Å². The van der Waals surface area contributed by atoms with E-state index in [-0.39, 0.29) is 18.5 Å². The van der Waals surface area contributed by atoms with Crippen LogP contribution in [0.4, 0.5) is 4.79 Å². The summed E-state index contributed by atoms with van der Waals surface area (Å²) < 4.78 is 1.13. The predicted molar refractivity (Wildman–Crippen MR) is 110 cm³/mol. The summed E-state index contributed by atoms with van der Waals surface area (Å²) in [5.41, 5.74) is 2.49. The Morgan fingerprint density at radius 1 is 1.34 bits per heavy atom. The number of rotatable bonds is 5. The molecule has 0 bridgehead atoms. The minimum Gasteiger partial charge on any atom is -0.322 e. The lowest BCUT2D eigenvalue weighted by Crippen LogP contribution is -2.51. The van der Waals surface area contributed by atoms with Crippen LogP contribution in [0.1, 0.15) is 50.6 Å². The van der Waals surface area contributed by atoms with Gasteiger partial charge in [0.2, 0.25) is 0 Å². The highest BCUT2D eigenvalue weighted by atomic mass is 32.1. The SMILES string of the molecule is CC[C@@]1(C)NC(=O)N(NC(=O)CN2CCCC[C@@H]2c2nc3ccccc3s2)C1=O. The van der Waals surface area contributed by atoms with Crippen LogP contribution in [0.15, 0.2) is 24.3 Å². The largest absolute Gasteiger partial charge is 0.344 e. The molecule has 2 N–H and O–H groups in total. The van der Waals surface area contributed by atoms with E-state index in [0.717, 1.165) is 46.0 Å². The number of piperidine rings is 1. The van der Waals surface area contributed by atoms with E-state index in [2.05, 4.69) is 21.7 Å². The topological polar surface area (TPSA) is 94.6 Å². The Balaban J connectivity index is 1.46. The fourth-order valence-electron chi connectivity index (χ4n) is 3.86. The van der Waals surface area contributed by atoms with Crippen molar-refractivity contribution >= 4 is 39.4 Å². The maximum atomic E-state index is 12.7. The van der Waals surface area contributed by atoms with Crippen LogP contribution in [0.25, 0.3) is 10.2 Å². The number of urea groups is 1. The first-order valence-electron chi connectivity index (χ1n) is 9.97. The molecule has 0 radical (unpaired) electrons. The van der Waals surface area contributed by atoms with E-state index in [4.69, 9.17) is 4.98 Å². The molecular weight excluding hydrogens is 390 g/mol. The summed E-state index contributed by atoms with van der Waals surface area (Å²) in [6, 6.07) is 7.50. The number of hydrogen-bond acceptors (Lipinski definition) is 6. The molecule has 0 aliphatic carbocycles. The maximum absolute atomic E-state index is 12.7. The van der Waals surface area contributed by atoms with Crippen molar-refractivity contribution in [1.29, 1.82) is 0 Å². The third-order valence-electron chi connectivity index (χ3n) is 5.76. The molecule has 1 aromatic heterocycles. The molecule has 2 aromatic rings. The Kier molecular flexibility index (Phi) is 5.26. The van der Waals surface area contributed by atoms with Gasteiger partial charge in [0.15, 0.2) is 0 Å². The highest BCUT2D eigenvalue weighted by Crippen LogP contribution is 2.35. The third kappa shape index (κ3) is 3.72. The Labute approximate surface area is 173 Å². The highest BCUT2D eigenvalue weighted by Gasteiger charge is 2.47. The van der Waals surface area contributed by atoms with E-state index in [1.165, 1.54) is 0 Å². The average Bonchev–Trinajstić information content (AvgIpc) is 3.23. The first kappa shape index (κ1) is 19.8. The molecule has 2 fully saturated rings. The van der Waals surface area contributed by atoms with Crippen molar-refractivity contribution in [3.63, 3.8) is 0 Å². The number of fused-ring (bicyclic) bond motifs is 1. The van der Waals surface area contributed by atoms with Crippen LogP contribution in [0.3, 0.4) is 0 Å². The molecule has 4 amide bonds. The van der Waals surface area contributed by atoms with Crippen molar-refractivity contribution in [1.82, 2.24) is 25.6 Å². The molecule has 0 saturated carbocycles. The lowest BCUT2D eigenvalue weighted by Gasteiger charge is -2.34. The second-order valence-electron chi connectivity index (χ2n) is 7.79. The second kappa shape index (κ2) is 7.72. The number of amides is 4. The van der Waals surface area contributed by atoms with E-state index in [1.807, 2.05) is 25.1 Å². The standard InChI is InChI=1S/C20H25N5O3S/c1-3-20(2)18(27)25(19(28)22-20)23-16(26)12-24-11-7-6-9-14(24)17-21-13-8-4-5-10-15(13)29-17/h4-5,8,10,14H,3,6-7,9,11-12H2,1-2H3,(H,22,28)(H,23,26)/t14-,20-/m1/s1. The van der Waals surface area contributed by atoms with E-state index < -0.39 is 17.5 Å². The highest BCUT2D eigenvalue weighted by molar-refractivity contribution is 7.18. The van der Waals surface area contributed by atoms with Crippen molar-refractivity contribution in [3.05, 3.63) is 29.3 Å². The molecule has 4 rings (SSSR count). The van der Waals surface area contributed by atoms with Gasteiger partial charge in [-0.25, -0.2) is 9.78 Å². The van der Waals surface area contributed by atoms with Crippen LogP contribution >= 0.6 is 11.3 Å². The molecule has 2 aliphatic rings. The molecular formula is C20H25N5O3S. The van der Waals surface area contributed by atoms with Crippen molar-refractivity contribution < 1.29 is 14.4 Å². The number of hydrazine groups is 1. The number of para-hydroxylation sites is 1. The van der Waals surface area contributed by atoms with E-state index >= 15 is 0 Å². The molecule has 2 aliphatic heterocycles. The lowest BCUT2D eigenvalue weighted by atomic mass is 10.00. The number of hydrogen-bond donors (Lipinski definition) is 2. The number of nitrogens with one attached hydrogen (secondary N) is 2. The van der Waals surface area contributed by atoms with Gasteiger partial charge in [0.1, 0.15) is 10.5 Å². The molecule has 0 spiro atoms. The summed E-state index contributed by atoms with van der Waals surface area (Å²) in [5, 5.41) is 4.45. The zero-order chi connectivity index (χ0) is 20.6. The van der Waals surface area contributed by atoms with E-state index in [9.17, 15) is 14.4 Å². The van der Waals surface area contributed by atoms with Crippen molar-refractivity contribution in [3.8, 4) is 0 Å². The molecule has 1 aromatic carbocycles. The monoisotopic (exact) mass is 415 g/mol. The number of benzene rings is 1. The number of carbonyl (C=O) groups excluding carboxylic acids is 3. The summed E-state index contributed by atoms with van der Waals surface area (Å²) in [5.74, 6) is -0.804. The first-order chi connectivity index (χ1) is 13.9. The van der Waals surface area contributed by atoms with Gasteiger partial charge in [-0.05, 0) is 44.9 Å². The number of thiazole rings is 1. The maximum Gasteiger partial charge on any atom is 0.344 e. The fourth-order valence-corrected chi connectivity index (χ4v) is 5.00. The predicted octanol–water partition coefficient (Wildman–Crippen LogP) is 2.58. The number of imide groups is 1. The normalized spacial score (nSPS) is 25.4. The van der Waals surface area contributed by atoms with Gasteiger partial charge >= 0.3 is 6.03 Å².